The lowest BCUT2D eigenvalue weighted by Crippen LogP contribution is -2.47. The van der Waals surface area contributed by atoms with E-state index in [4.69, 9.17) is 10.8 Å². The normalized spacial score (nSPS) is 22.2. The predicted octanol–water partition coefficient (Wildman–Crippen LogP) is 0.590. The van der Waals surface area contributed by atoms with Crippen molar-refractivity contribution in [1.29, 1.82) is 0 Å². The average Bonchev–Trinajstić information content (AvgIpc) is 2.29. The van der Waals surface area contributed by atoms with Crippen molar-refractivity contribution >= 4 is 27.2 Å². The summed E-state index contributed by atoms with van der Waals surface area (Å²) in [5.41, 5.74) is 6.68. The maximum absolute atomic E-state index is 11.5. The summed E-state index contributed by atoms with van der Waals surface area (Å²) in [7, 11) is -3.01. The first-order valence-electron chi connectivity index (χ1n) is 5.90. The molecule has 1 aliphatic heterocycles. The number of para-hydroxylation sites is 1. The summed E-state index contributed by atoms with van der Waals surface area (Å²) in [5.74, 6) is -0.964. The number of nitrogens with zero attached hydrogens (tertiary/aromatic N) is 1. The van der Waals surface area contributed by atoms with Crippen LogP contribution in [0.15, 0.2) is 18.2 Å². The van der Waals surface area contributed by atoms with Gasteiger partial charge in [-0.05, 0) is 19.1 Å². The quantitative estimate of drug-likeness (QED) is 0.771. The Hall–Kier alpha value is -1.76. The molecule has 2 rings (SSSR count). The summed E-state index contributed by atoms with van der Waals surface area (Å²) >= 11 is 0. The lowest BCUT2D eigenvalue weighted by Gasteiger charge is -2.36. The number of carboxylic acids is 1. The molecule has 1 heterocycles. The number of nitrogen functional groups attached to an aromatic ring is 1. The predicted molar refractivity (Wildman–Crippen MR) is 73.3 cm³/mol. The molecule has 3 N–H and O–H groups in total. The van der Waals surface area contributed by atoms with Crippen molar-refractivity contribution in [2.24, 2.45) is 0 Å². The highest BCUT2D eigenvalue weighted by Gasteiger charge is 2.29. The molecule has 6 nitrogen and oxygen atoms in total. The van der Waals surface area contributed by atoms with E-state index in [9.17, 15) is 13.2 Å². The Balaban J connectivity index is 2.38. The molecule has 1 aliphatic rings. The van der Waals surface area contributed by atoms with E-state index in [1.54, 1.807) is 19.1 Å². The monoisotopic (exact) mass is 284 g/mol. The third-order valence-electron chi connectivity index (χ3n) is 3.29. The second kappa shape index (κ2) is 4.73. The van der Waals surface area contributed by atoms with E-state index >= 15 is 0 Å². The van der Waals surface area contributed by atoms with Crippen molar-refractivity contribution in [3.8, 4) is 0 Å². The summed E-state index contributed by atoms with van der Waals surface area (Å²) in [5, 5.41) is 9.04. The van der Waals surface area contributed by atoms with Crippen LogP contribution >= 0.6 is 0 Å². The number of sulfone groups is 1. The summed E-state index contributed by atoms with van der Waals surface area (Å²) in [4.78, 5) is 12.9. The highest BCUT2D eigenvalue weighted by Crippen LogP contribution is 2.30. The standard InChI is InChI=1S/C12H16N2O4S/c1-8-7-19(17,18)6-5-14(8)10-4-2-3-9(11(10)13)12(15)16/h2-4,8H,5-7,13H2,1H3,(H,15,16). The van der Waals surface area contributed by atoms with Crippen LogP contribution in [-0.2, 0) is 9.84 Å². The van der Waals surface area contributed by atoms with Gasteiger partial charge in [-0.1, -0.05) is 6.07 Å². The minimum absolute atomic E-state index is 0.0399. The largest absolute Gasteiger partial charge is 0.478 e. The first-order chi connectivity index (χ1) is 8.82. The zero-order valence-electron chi connectivity index (χ0n) is 10.5. The Morgan fingerprint density at radius 2 is 2.16 bits per heavy atom. The molecular formula is C12H16N2O4S. The van der Waals surface area contributed by atoms with Crippen molar-refractivity contribution in [2.75, 3.05) is 28.7 Å². The van der Waals surface area contributed by atoms with Gasteiger partial charge in [0.2, 0.25) is 0 Å². The zero-order chi connectivity index (χ0) is 14.2. The topological polar surface area (TPSA) is 101 Å². The summed E-state index contributed by atoms with van der Waals surface area (Å²) in [6.07, 6.45) is 0. The molecule has 104 valence electrons. The number of hydrogen-bond donors (Lipinski definition) is 2. The number of anilines is 2. The van der Waals surface area contributed by atoms with Crippen molar-refractivity contribution in [3.05, 3.63) is 23.8 Å². The minimum Gasteiger partial charge on any atom is -0.478 e. The molecular weight excluding hydrogens is 268 g/mol. The number of carboxylic acid groups (broad SMARTS) is 1. The molecule has 1 fully saturated rings. The van der Waals surface area contributed by atoms with Gasteiger partial charge < -0.3 is 15.7 Å². The van der Waals surface area contributed by atoms with Crippen LogP contribution in [0.4, 0.5) is 11.4 Å². The van der Waals surface area contributed by atoms with E-state index in [1.807, 2.05) is 4.90 Å². The summed E-state index contributed by atoms with van der Waals surface area (Å²) < 4.78 is 23.1. The molecule has 1 saturated heterocycles. The van der Waals surface area contributed by atoms with E-state index in [1.165, 1.54) is 6.07 Å². The van der Waals surface area contributed by atoms with Crippen LogP contribution in [0.1, 0.15) is 17.3 Å². The molecule has 0 radical (unpaired) electrons. The van der Waals surface area contributed by atoms with Crippen molar-refractivity contribution in [1.82, 2.24) is 0 Å². The number of nitrogens with two attached hydrogens (primary N) is 1. The molecule has 0 spiro atoms. The first kappa shape index (κ1) is 13.7. The number of benzene rings is 1. The molecule has 0 saturated carbocycles. The molecule has 1 aromatic rings. The lowest BCUT2D eigenvalue weighted by atomic mass is 10.1. The van der Waals surface area contributed by atoms with Crippen LogP contribution in [-0.4, -0.2) is 43.6 Å². The molecule has 0 bridgehead atoms. The SMILES string of the molecule is CC1CS(=O)(=O)CCN1c1cccc(C(=O)O)c1N. The third-order valence-corrected chi connectivity index (χ3v) is 5.09. The Morgan fingerprint density at radius 3 is 2.74 bits per heavy atom. The number of hydrogen-bond acceptors (Lipinski definition) is 5. The van der Waals surface area contributed by atoms with Gasteiger partial charge >= 0.3 is 5.97 Å². The second-order valence-electron chi connectivity index (χ2n) is 4.70. The van der Waals surface area contributed by atoms with Crippen molar-refractivity contribution in [2.45, 2.75) is 13.0 Å². The Morgan fingerprint density at radius 1 is 1.47 bits per heavy atom. The molecule has 7 heteroatoms. The van der Waals surface area contributed by atoms with Crippen molar-refractivity contribution < 1.29 is 18.3 Å². The number of aromatic carboxylic acids is 1. The molecule has 0 aromatic heterocycles. The highest BCUT2D eigenvalue weighted by atomic mass is 32.2. The van der Waals surface area contributed by atoms with Crippen LogP contribution in [0, 0.1) is 0 Å². The third kappa shape index (κ3) is 2.65. The molecule has 0 amide bonds. The van der Waals surface area contributed by atoms with Crippen LogP contribution < -0.4 is 10.6 Å². The van der Waals surface area contributed by atoms with Gasteiger partial charge in [0.15, 0.2) is 9.84 Å². The van der Waals surface area contributed by atoms with E-state index in [-0.39, 0.29) is 28.8 Å². The molecule has 19 heavy (non-hydrogen) atoms. The highest BCUT2D eigenvalue weighted by molar-refractivity contribution is 7.91. The van der Waals surface area contributed by atoms with Crippen molar-refractivity contribution in [3.63, 3.8) is 0 Å². The van der Waals surface area contributed by atoms with Gasteiger partial charge in [0.25, 0.3) is 0 Å². The van der Waals surface area contributed by atoms with Crippen LogP contribution in [0.3, 0.4) is 0 Å². The average molecular weight is 284 g/mol. The maximum atomic E-state index is 11.5. The van der Waals surface area contributed by atoms with Gasteiger partial charge in [-0.15, -0.1) is 0 Å². The van der Waals surface area contributed by atoms with Gasteiger partial charge in [0, 0.05) is 12.6 Å². The van der Waals surface area contributed by atoms with E-state index in [0.29, 0.717) is 12.2 Å². The molecule has 1 unspecified atom stereocenters. The number of rotatable bonds is 2. The van der Waals surface area contributed by atoms with Gasteiger partial charge in [-0.2, -0.15) is 0 Å². The van der Waals surface area contributed by atoms with Gasteiger partial charge in [0.05, 0.1) is 28.4 Å². The molecule has 1 aromatic carbocycles. The van der Waals surface area contributed by atoms with Crippen LogP contribution in [0.2, 0.25) is 0 Å². The Labute approximate surface area is 111 Å². The fraction of sp³-hybridized carbons (Fsp3) is 0.417. The Kier molecular flexibility index (Phi) is 3.40. The van der Waals surface area contributed by atoms with E-state index in [2.05, 4.69) is 0 Å². The second-order valence-corrected chi connectivity index (χ2v) is 6.93. The van der Waals surface area contributed by atoms with Gasteiger partial charge in [-0.25, -0.2) is 13.2 Å². The fourth-order valence-electron chi connectivity index (χ4n) is 2.35. The van der Waals surface area contributed by atoms with Crippen LogP contribution in [0.25, 0.3) is 0 Å². The molecule has 1 atom stereocenters. The zero-order valence-corrected chi connectivity index (χ0v) is 11.4. The van der Waals surface area contributed by atoms with E-state index < -0.39 is 15.8 Å². The molecule has 0 aliphatic carbocycles. The fourth-order valence-corrected chi connectivity index (χ4v) is 3.90. The first-order valence-corrected chi connectivity index (χ1v) is 7.73. The van der Waals surface area contributed by atoms with Gasteiger partial charge in [-0.3, -0.25) is 0 Å². The van der Waals surface area contributed by atoms with Gasteiger partial charge in [0.1, 0.15) is 0 Å². The lowest BCUT2D eigenvalue weighted by molar-refractivity contribution is 0.0698. The number of carbonyl (C=O) groups is 1. The summed E-state index contributed by atoms with van der Waals surface area (Å²) in [6, 6.07) is 4.55. The minimum atomic E-state index is -3.01. The smallest absolute Gasteiger partial charge is 0.337 e. The van der Waals surface area contributed by atoms with E-state index in [0.717, 1.165) is 0 Å². The summed E-state index contributed by atoms with van der Waals surface area (Å²) in [6.45, 7) is 2.13. The van der Waals surface area contributed by atoms with Crippen LogP contribution in [0.5, 0.6) is 0 Å². The Bertz CT molecular complexity index is 612. The maximum Gasteiger partial charge on any atom is 0.337 e.